The van der Waals surface area contributed by atoms with Gasteiger partial charge in [0.15, 0.2) is 6.29 Å². The first kappa shape index (κ1) is 8.92. The van der Waals surface area contributed by atoms with Crippen LogP contribution in [0.4, 0.5) is 0 Å². The molecule has 0 spiro atoms. The van der Waals surface area contributed by atoms with E-state index in [1.165, 1.54) is 0 Å². The van der Waals surface area contributed by atoms with Crippen molar-refractivity contribution in [3.05, 3.63) is 0 Å². The van der Waals surface area contributed by atoms with Gasteiger partial charge in [-0.3, -0.25) is 0 Å². The van der Waals surface area contributed by atoms with Gasteiger partial charge in [0.25, 0.3) is 0 Å². The number of aliphatic hydroxyl groups excluding tert-OH is 1. The number of ether oxygens (including phenoxy) is 1. The number of rotatable bonds is 4. The van der Waals surface area contributed by atoms with E-state index in [9.17, 15) is 8.42 Å². The zero-order valence-corrected chi connectivity index (χ0v) is 6.75. The van der Waals surface area contributed by atoms with E-state index in [0.29, 0.717) is 12.8 Å². The first-order chi connectivity index (χ1) is 4.99. The van der Waals surface area contributed by atoms with Crippen molar-refractivity contribution >= 4 is 10.0 Å². The van der Waals surface area contributed by atoms with Crippen molar-refractivity contribution in [2.45, 2.75) is 25.2 Å². The van der Waals surface area contributed by atoms with Gasteiger partial charge >= 0.3 is 0 Å². The summed E-state index contributed by atoms with van der Waals surface area (Å²) in [5.74, 6) is -0.0421. The van der Waals surface area contributed by atoms with Gasteiger partial charge in [0.05, 0.1) is 5.75 Å². The molecule has 0 radical (unpaired) electrons. The molecule has 1 rings (SSSR count). The van der Waals surface area contributed by atoms with Crippen LogP contribution in [0.3, 0.4) is 0 Å². The second-order valence-electron chi connectivity index (χ2n) is 2.57. The van der Waals surface area contributed by atoms with Gasteiger partial charge in [0.2, 0.25) is 10.0 Å². The number of hydrogen-bond acceptors (Lipinski definition) is 4. The Hall–Kier alpha value is -0.170. The summed E-state index contributed by atoms with van der Waals surface area (Å²) >= 11 is 0. The maximum absolute atomic E-state index is 10.4. The highest BCUT2D eigenvalue weighted by Gasteiger charge is 2.36. The summed E-state index contributed by atoms with van der Waals surface area (Å²) in [6, 6.07) is 0. The normalized spacial score (nSPS) is 30.4. The predicted molar refractivity (Wildman–Crippen MR) is 38.1 cm³/mol. The molecule has 0 bridgehead atoms. The molecule has 2 unspecified atom stereocenters. The van der Waals surface area contributed by atoms with Gasteiger partial charge in [-0.2, -0.15) is 0 Å². The molecule has 66 valence electrons. The smallest absolute Gasteiger partial charge is 0.209 e. The van der Waals surface area contributed by atoms with Crippen LogP contribution in [-0.2, 0) is 14.8 Å². The van der Waals surface area contributed by atoms with Gasteiger partial charge in [-0.05, 0) is 12.8 Å². The summed E-state index contributed by atoms with van der Waals surface area (Å²) in [6.07, 6.45) is 0.144. The number of aliphatic hydroxyl groups is 1. The van der Waals surface area contributed by atoms with Crippen molar-refractivity contribution in [2.24, 2.45) is 5.14 Å². The van der Waals surface area contributed by atoms with E-state index >= 15 is 0 Å². The van der Waals surface area contributed by atoms with Gasteiger partial charge in [-0.15, -0.1) is 0 Å². The lowest BCUT2D eigenvalue weighted by molar-refractivity contribution is 0.156. The molecule has 0 saturated carbocycles. The maximum Gasteiger partial charge on any atom is 0.209 e. The van der Waals surface area contributed by atoms with E-state index in [-0.39, 0.29) is 11.9 Å². The van der Waals surface area contributed by atoms with Crippen LogP contribution >= 0.6 is 0 Å². The topological polar surface area (TPSA) is 92.9 Å². The predicted octanol–water partition coefficient (Wildman–Crippen LogP) is -1.23. The second kappa shape index (κ2) is 3.06. The molecule has 2 atom stereocenters. The summed E-state index contributed by atoms with van der Waals surface area (Å²) in [5.41, 5.74) is 0. The van der Waals surface area contributed by atoms with Crippen molar-refractivity contribution in [3.8, 4) is 0 Å². The average Bonchev–Trinajstić information content (AvgIpc) is 2.43. The average molecular weight is 181 g/mol. The third-order valence-corrected chi connectivity index (χ3v) is 2.33. The number of nitrogens with two attached hydrogens (primary N) is 1. The highest BCUT2D eigenvalue weighted by atomic mass is 32.2. The molecule has 0 amide bonds. The monoisotopic (exact) mass is 181 g/mol. The highest BCUT2D eigenvalue weighted by Crippen LogP contribution is 2.23. The lowest BCUT2D eigenvalue weighted by atomic mass is 10.3. The third kappa shape index (κ3) is 3.66. The lowest BCUT2D eigenvalue weighted by Crippen LogP contribution is -2.16. The largest absolute Gasteiger partial charge is 0.366 e. The van der Waals surface area contributed by atoms with Gasteiger partial charge in [-0.1, -0.05) is 0 Å². The van der Waals surface area contributed by atoms with Crippen molar-refractivity contribution in [3.63, 3.8) is 0 Å². The van der Waals surface area contributed by atoms with E-state index in [0.717, 1.165) is 0 Å². The van der Waals surface area contributed by atoms with Gasteiger partial charge in [-0.25, -0.2) is 13.6 Å². The third-order valence-electron chi connectivity index (χ3n) is 1.47. The van der Waals surface area contributed by atoms with Gasteiger partial charge in [0, 0.05) is 0 Å². The molecule has 3 N–H and O–H groups in total. The Kier molecular flexibility index (Phi) is 2.48. The molecule has 6 heteroatoms. The number of hydrogen-bond donors (Lipinski definition) is 2. The van der Waals surface area contributed by atoms with Crippen molar-refractivity contribution in [2.75, 3.05) is 5.75 Å². The fourth-order valence-corrected chi connectivity index (χ4v) is 1.40. The van der Waals surface area contributed by atoms with Crippen LogP contribution in [0.15, 0.2) is 0 Å². The van der Waals surface area contributed by atoms with Crippen LogP contribution < -0.4 is 5.14 Å². The van der Waals surface area contributed by atoms with Gasteiger partial charge in [0.1, 0.15) is 6.10 Å². The molecule has 1 aliphatic heterocycles. The molecular weight excluding hydrogens is 170 g/mol. The van der Waals surface area contributed by atoms with Crippen molar-refractivity contribution in [1.82, 2.24) is 0 Å². The fourth-order valence-electron chi connectivity index (χ4n) is 0.830. The molecule has 11 heavy (non-hydrogen) atoms. The number of primary sulfonamides is 1. The summed E-state index contributed by atoms with van der Waals surface area (Å²) in [6.45, 7) is 0. The van der Waals surface area contributed by atoms with Crippen LogP contribution in [-0.4, -0.2) is 31.7 Å². The van der Waals surface area contributed by atoms with Crippen LogP contribution in [0.25, 0.3) is 0 Å². The molecule has 0 aromatic carbocycles. The first-order valence-electron chi connectivity index (χ1n) is 3.33. The van der Waals surface area contributed by atoms with Crippen molar-refractivity contribution in [1.29, 1.82) is 0 Å². The Morgan fingerprint density at radius 2 is 2.09 bits per heavy atom. The molecule has 1 heterocycles. The van der Waals surface area contributed by atoms with Crippen LogP contribution in [0.5, 0.6) is 0 Å². The van der Waals surface area contributed by atoms with Crippen LogP contribution in [0.2, 0.25) is 0 Å². The second-order valence-corrected chi connectivity index (χ2v) is 4.31. The van der Waals surface area contributed by atoms with E-state index in [1.807, 2.05) is 0 Å². The van der Waals surface area contributed by atoms with E-state index < -0.39 is 16.3 Å². The molecule has 0 aromatic heterocycles. The van der Waals surface area contributed by atoms with Crippen LogP contribution in [0, 0.1) is 0 Å². The van der Waals surface area contributed by atoms with Gasteiger partial charge < -0.3 is 9.84 Å². The summed E-state index contributed by atoms with van der Waals surface area (Å²) < 4.78 is 25.4. The zero-order valence-electron chi connectivity index (χ0n) is 5.93. The van der Waals surface area contributed by atoms with E-state index in [2.05, 4.69) is 4.74 Å². The maximum atomic E-state index is 10.4. The van der Waals surface area contributed by atoms with E-state index in [1.54, 1.807) is 0 Å². The molecule has 1 saturated heterocycles. The Labute approximate surface area is 65.2 Å². The van der Waals surface area contributed by atoms with Crippen LogP contribution in [0.1, 0.15) is 12.8 Å². The number of sulfonamides is 1. The molecule has 1 aliphatic rings. The Morgan fingerprint density at radius 1 is 1.55 bits per heavy atom. The molecule has 1 fully saturated rings. The van der Waals surface area contributed by atoms with Crippen molar-refractivity contribution < 1.29 is 18.3 Å². The minimum atomic E-state index is -3.35. The Morgan fingerprint density at radius 3 is 2.45 bits per heavy atom. The first-order valence-corrected chi connectivity index (χ1v) is 5.04. The Bertz CT molecular complexity index is 225. The number of epoxide rings is 1. The fraction of sp³-hybridized carbons (Fsp3) is 1.00. The highest BCUT2D eigenvalue weighted by molar-refractivity contribution is 7.89. The minimum Gasteiger partial charge on any atom is -0.366 e. The Balaban J connectivity index is 2.06. The zero-order chi connectivity index (χ0) is 8.48. The summed E-state index contributed by atoms with van der Waals surface area (Å²) in [5, 5.41) is 13.4. The standard InChI is InChI=1S/C5H11NO4S/c6-11(8,9)3-1-2-4-5(7)10-4/h4-5,7H,1-3H2,(H2,6,8,9). The SMILES string of the molecule is NS(=O)(=O)CCCC1OC1O. The lowest BCUT2D eigenvalue weighted by Gasteiger charge is -1.94. The summed E-state index contributed by atoms with van der Waals surface area (Å²) in [4.78, 5) is 0. The molecule has 5 nitrogen and oxygen atoms in total. The van der Waals surface area contributed by atoms with E-state index in [4.69, 9.17) is 10.2 Å². The molecular formula is C5H11NO4S. The summed E-state index contributed by atoms with van der Waals surface area (Å²) in [7, 11) is -3.35. The quantitative estimate of drug-likeness (QED) is 0.531. The minimum absolute atomic E-state index is 0.0421. The molecule has 0 aliphatic carbocycles. The molecule has 0 aromatic rings.